The molecule has 0 aliphatic carbocycles. The first-order valence-corrected chi connectivity index (χ1v) is 9.80. The molecule has 4 aromatic rings. The Morgan fingerprint density at radius 1 is 1.16 bits per heavy atom. The number of anilines is 1. The number of rotatable bonds is 5. The van der Waals surface area contributed by atoms with Gasteiger partial charge in [0, 0.05) is 11.3 Å². The number of hydrogen-bond donors (Lipinski definition) is 1. The Hall–Kier alpha value is -3.94. The molecule has 1 atom stereocenters. The molecule has 0 spiro atoms. The summed E-state index contributed by atoms with van der Waals surface area (Å²) in [5.74, 6) is 0.816. The molecule has 0 aliphatic heterocycles. The molecule has 31 heavy (non-hydrogen) atoms. The Labute approximate surface area is 178 Å². The maximum Gasteiger partial charge on any atom is 0.297 e. The molecule has 1 N–H and O–H groups in total. The van der Waals surface area contributed by atoms with Crippen LogP contribution in [-0.4, -0.2) is 28.0 Å². The van der Waals surface area contributed by atoms with E-state index in [0.717, 1.165) is 15.8 Å². The normalized spacial score (nSPS) is 12.0. The summed E-state index contributed by atoms with van der Waals surface area (Å²) in [6, 6.07) is 13.8. The minimum Gasteiger partial charge on any atom is -0.497 e. The summed E-state index contributed by atoms with van der Waals surface area (Å²) in [4.78, 5) is 25.9. The number of nitrogens with zero attached hydrogens (tertiary/aromatic N) is 3. The van der Waals surface area contributed by atoms with E-state index in [9.17, 15) is 9.59 Å². The molecule has 158 valence electrons. The third kappa shape index (κ3) is 3.79. The highest BCUT2D eigenvalue weighted by Gasteiger charge is 2.24. The van der Waals surface area contributed by atoms with Crippen molar-refractivity contribution in [2.75, 3.05) is 12.4 Å². The Bertz CT molecular complexity index is 1320. The van der Waals surface area contributed by atoms with Crippen molar-refractivity contribution in [2.24, 2.45) is 0 Å². The molecule has 2 aromatic heterocycles. The zero-order valence-electron chi connectivity index (χ0n) is 17.7. The van der Waals surface area contributed by atoms with Gasteiger partial charge in [0.05, 0.1) is 12.5 Å². The standard InChI is InChI=1S/C23H22N4O4/c1-13-6-5-7-17(12-13)24-22(28)14(2)27-23(29)21-19(15(3)31-26-21)20(25-27)16-8-10-18(30-4)11-9-16/h5-12,14H,1-4H3,(H,24,28)/t14-/m0/s1. The Kier molecular flexibility index (Phi) is 5.29. The fourth-order valence-corrected chi connectivity index (χ4v) is 3.40. The van der Waals surface area contributed by atoms with Crippen molar-refractivity contribution in [3.8, 4) is 17.0 Å². The molecule has 4 rings (SSSR count). The molecule has 0 saturated heterocycles. The van der Waals surface area contributed by atoms with Crippen LogP contribution in [-0.2, 0) is 4.79 Å². The first-order chi connectivity index (χ1) is 14.9. The Balaban J connectivity index is 1.79. The van der Waals surface area contributed by atoms with Gasteiger partial charge in [-0.2, -0.15) is 5.10 Å². The number of nitrogens with one attached hydrogen (secondary N) is 1. The van der Waals surface area contributed by atoms with Crippen molar-refractivity contribution in [1.29, 1.82) is 0 Å². The first-order valence-electron chi connectivity index (χ1n) is 9.80. The Morgan fingerprint density at radius 2 is 1.90 bits per heavy atom. The van der Waals surface area contributed by atoms with E-state index in [0.29, 0.717) is 28.3 Å². The second-order valence-corrected chi connectivity index (χ2v) is 7.32. The number of carbonyl (C=O) groups excluding carboxylic acids is 1. The summed E-state index contributed by atoms with van der Waals surface area (Å²) in [6.45, 7) is 5.28. The van der Waals surface area contributed by atoms with Gasteiger partial charge in [0.2, 0.25) is 5.91 Å². The predicted octanol–water partition coefficient (Wildman–Crippen LogP) is 3.88. The smallest absolute Gasteiger partial charge is 0.297 e. The number of ether oxygens (including phenoxy) is 1. The second-order valence-electron chi connectivity index (χ2n) is 7.32. The van der Waals surface area contributed by atoms with Crippen molar-refractivity contribution in [1.82, 2.24) is 14.9 Å². The predicted molar refractivity (Wildman–Crippen MR) is 117 cm³/mol. The molecule has 1 amide bonds. The molecule has 0 unspecified atom stereocenters. The minimum atomic E-state index is -0.869. The van der Waals surface area contributed by atoms with Crippen molar-refractivity contribution >= 4 is 22.5 Å². The van der Waals surface area contributed by atoms with E-state index in [1.54, 1.807) is 39.2 Å². The zero-order chi connectivity index (χ0) is 22.1. The van der Waals surface area contributed by atoms with Crippen LogP contribution < -0.4 is 15.6 Å². The van der Waals surface area contributed by atoms with Crippen LogP contribution in [0, 0.1) is 13.8 Å². The number of methoxy groups -OCH3 is 1. The maximum absolute atomic E-state index is 13.1. The lowest BCUT2D eigenvalue weighted by Crippen LogP contribution is -2.34. The quantitative estimate of drug-likeness (QED) is 0.528. The van der Waals surface area contributed by atoms with Crippen LogP contribution in [0.15, 0.2) is 57.8 Å². The molecule has 0 radical (unpaired) electrons. The van der Waals surface area contributed by atoms with Crippen LogP contribution in [0.4, 0.5) is 5.69 Å². The summed E-state index contributed by atoms with van der Waals surface area (Å²) < 4.78 is 11.6. The summed E-state index contributed by atoms with van der Waals surface area (Å²) in [6.07, 6.45) is 0. The highest BCUT2D eigenvalue weighted by molar-refractivity contribution is 5.95. The molecule has 2 heterocycles. The van der Waals surface area contributed by atoms with E-state index < -0.39 is 11.6 Å². The average molecular weight is 418 g/mol. The SMILES string of the molecule is COc1ccc(-c2nn([C@@H](C)C(=O)Nc3cccc(C)c3)c(=O)c3noc(C)c23)cc1. The van der Waals surface area contributed by atoms with Crippen molar-refractivity contribution in [3.05, 3.63) is 70.2 Å². The summed E-state index contributed by atoms with van der Waals surface area (Å²) in [5.41, 5.74) is 2.56. The lowest BCUT2D eigenvalue weighted by molar-refractivity contribution is -0.119. The molecule has 8 heteroatoms. The number of hydrogen-bond acceptors (Lipinski definition) is 6. The highest BCUT2D eigenvalue weighted by Crippen LogP contribution is 2.29. The largest absolute Gasteiger partial charge is 0.497 e. The molecular weight excluding hydrogens is 396 g/mol. The number of aromatic nitrogens is 3. The van der Waals surface area contributed by atoms with E-state index in [1.807, 2.05) is 37.3 Å². The van der Waals surface area contributed by atoms with Crippen LogP contribution in [0.5, 0.6) is 5.75 Å². The van der Waals surface area contributed by atoms with Gasteiger partial charge in [-0.15, -0.1) is 0 Å². The van der Waals surface area contributed by atoms with Crippen LogP contribution in [0.1, 0.15) is 24.3 Å². The van der Waals surface area contributed by atoms with Gasteiger partial charge < -0.3 is 14.6 Å². The van der Waals surface area contributed by atoms with Crippen molar-refractivity contribution in [2.45, 2.75) is 26.8 Å². The summed E-state index contributed by atoms with van der Waals surface area (Å²) in [7, 11) is 1.59. The van der Waals surface area contributed by atoms with E-state index >= 15 is 0 Å². The highest BCUT2D eigenvalue weighted by atomic mass is 16.5. The van der Waals surface area contributed by atoms with Gasteiger partial charge in [-0.25, -0.2) is 4.68 Å². The summed E-state index contributed by atoms with van der Waals surface area (Å²) in [5, 5.41) is 11.8. The van der Waals surface area contributed by atoms with E-state index in [1.165, 1.54) is 0 Å². The maximum atomic E-state index is 13.1. The third-order valence-corrected chi connectivity index (χ3v) is 5.11. The van der Waals surface area contributed by atoms with Gasteiger partial charge in [0.15, 0.2) is 5.52 Å². The van der Waals surface area contributed by atoms with Gasteiger partial charge in [-0.3, -0.25) is 9.59 Å². The van der Waals surface area contributed by atoms with Crippen molar-refractivity contribution < 1.29 is 14.1 Å². The number of amides is 1. The number of carbonyl (C=O) groups is 1. The molecule has 0 saturated carbocycles. The van der Waals surface area contributed by atoms with E-state index in [-0.39, 0.29) is 11.4 Å². The molecule has 0 aliphatic rings. The van der Waals surface area contributed by atoms with Crippen LogP contribution in [0.3, 0.4) is 0 Å². The molecular formula is C23H22N4O4. The lowest BCUT2D eigenvalue weighted by atomic mass is 10.1. The zero-order valence-corrected chi connectivity index (χ0v) is 17.7. The van der Waals surface area contributed by atoms with Gasteiger partial charge in [0.1, 0.15) is 23.2 Å². The summed E-state index contributed by atoms with van der Waals surface area (Å²) >= 11 is 0. The second kappa shape index (κ2) is 8.06. The van der Waals surface area contributed by atoms with Gasteiger partial charge >= 0.3 is 0 Å². The van der Waals surface area contributed by atoms with Crippen LogP contribution in [0.2, 0.25) is 0 Å². The monoisotopic (exact) mass is 418 g/mol. The molecule has 0 bridgehead atoms. The average Bonchev–Trinajstić information content (AvgIpc) is 3.16. The van der Waals surface area contributed by atoms with Crippen molar-refractivity contribution in [3.63, 3.8) is 0 Å². The van der Waals surface area contributed by atoms with Crippen LogP contribution >= 0.6 is 0 Å². The fraction of sp³-hybridized carbons (Fsp3) is 0.217. The number of fused-ring (bicyclic) bond motifs is 1. The third-order valence-electron chi connectivity index (χ3n) is 5.11. The number of aryl methyl sites for hydroxylation is 2. The van der Waals surface area contributed by atoms with Gasteiger partial charge in [-0.05, 0) is 62.7 Å². The molecule has 2 aromatic carbocycles. The molecule has 8 nitrogen and oxygen atoms in total. The fourth-order valence-electron chi connectivity index (χ4n) is 3.40. The van der Waals surface area contributed by atoms with Gasteiger partial charge in [0.25, 0.3) is 5.56 Å². The van der Waals surface area contributed by atoms with E-state index in [4.69, 9.17) is 9.26 Å². The van der Waals surface area contributed by atoms with Gasteiger partial charge in [-0.1, -0.05) is 17.3 Å². The van der Waals surface area contributed by atoms with Crippen LogP contribution in [0.25, 0.3) is 22.2 Å². The molecule has 0 fully saturated rings. The lowest BCUT2D eigenvalue weighted by Gasteiger charge is -2.16. The topological polar surface area (TPSA) is 99.2 Å². The first kappa shape index (κ1) is 20.3. The number of benzene rings is 2. The Morgan fingerprint density at radius 3 is 2.58 bits per heavy atom. The minimum absolute atomic E-state index is 0.133. The van der Waals surface area contributed by atoms with E-state index in [2.05, 4.69) is 15.6 Å².